The van der Waals surface area contributed by atoms with E-state index in [4.69, 9.17) is 27.9 Å². The molecule has 0 heterocycles. The van der Waals surface area contributed by atoms with Crippen molar-refractivity contribution in [1.29, 1.82) is 0 Å². The minimum absolute atomic E-state index is 0.183. The van der Waals surface area contributed by atoms with Crippen LogP contribution in [0.4, 0.5) is 14.9 Å². The van der Waals surface area contributed by atoms with E-state index in [0.717, 1.165) is 6.07 Å². The van der Waals surface area contributed by atoms with Crippen LogP contribution in [0.5, 0.6) is 5.75 Å². The summed E-state index contributed by atoms with van der Waals surface area (Å²) in [4.78, 5) is 23.8. The maximum atomic E-state index is 13.1. The molecule has 0 fully saturated rings. The fourth-order valence-corrected chi connectivity index (χ4v) is 2.32. The molecular weight excluding hydrogens is 384 g/mol. The van der Waals surface area contributed by atoms with Gasteiger partial charge in [-0.25, -0.2) is 9.18 Å². The standard InChI is InChI=1S/C17H16Cl2FN3O3/c1-26-15-9-11(20)3-5-14(15)23-17(25)22-7-6-21-16(24)10-2-4-12(18)13(19)8-10/h2-5,8-9H,6-7H2,1H3,(H,21,24)(H2,22,23,25). The first-order chi connectivity index (χ1) is 12.4. The number of ether oxygens (including phenoxy) is 1. The molecule has 0 saturated heterocycles. The van der Waals surface area contributed by atoms with Crippen molar-refractivity contribution >= 4 is 40.8 Å². The van der Waals surface area contributed by atoms with Gasteiger partial charge in [0.25, 0.3) is 5.91 Å². The molecule has 0 aliphatic carbocycles. The van der Waals surface area contributed by atoms with Gasteiger partial charge < -0.3 is 20.7 Å². The predicted octanol–water partition coefficient (Wildman–Crippen LogP) is 3.69. The summed E-state index contributed by atoms with van der Waals surface area (Å²) >= 11 is 11.7. The van der Waals surface area contributed by atoms with Crippen LogP contribution in [0.2, 0.25) is 10.0 Å². The lowest BCUT2D eigenvalue weighted by atomic mass is 10.2. The normalized spacial score (nSPS) is 10.2. The Bertz CT molecular complexity index is 818. The van der Waals surface area contributed by atoms with Gasteiger partial charge >= 0.3 is 6.03 Å². The van der Waals surface area contributed by atoms with Gasteiger partial charge in [0.2, 0.25) is 0 Å². The van der Waals surface area contributed by atoms with Crippen molar-refractivity contribution in [3.63, 3.8) is 0 Å². The van der Waals surface area contributed by atoms with E-state index in [-0.39, 0.29) is 29.8 Å². The number of anilines is 1. The maximum absolute atomic E-state index is 13.1. The molecule has 0 radical (unpaired) electrons. The number of halogens is 3. The first-order valence-electron chi connectivity index (χ1n) is 7.52. The highest BCUT2D eigenvalue weighted by Crippen LogP contribution is 2.24. The Labute approximate surface area is 159 Å². The van der Waals surface area contributed by atoms with Gasteiger partial charge in [0.1, 0.15) is 11.6 Å². The van der Waals surface area contributed by atoms with Crippen LogP contribution >= 0.6 is 23.2 Å². The van der Waals surface area contributed by atoms with Gasteiger partial charge in [-0.1, -0.05) is 23.2 Å². The molecule has 0 spiro atoms. The largest absolute Gasteiger partial charge is 0.494 e. The van der Waals surface area contributed by atoms with Gasteiger partial charge in [-0.05, 0) is 30.3 Å². The third kappa shape index (κ3) is 5.50. The van der Waals surface area contributed by atoms with E-state index >= 15 is 0 Å². The molecule has 26 heavy (non-hydrogen) atoms. The molecule has 0 aliphatic heterocycles. The second-order valence-electron chi connectivity index (χ2n) is 5.11. The third-order valence-electron chi connectivity index (χ3n) is 3.29. The number of urea groups is 1. The number of nitrogens with one attached hydrogen (secondary N) is 3. The average molecular weight is 400 g/mol. The molecule has 0 aliphatic rings. The van der Waals surface area contributed by atoms with E-state index in [1.807, 2.05) is 0 Å². The smallest absolute Gasteiger partial charge is 0.319 e. The summed E-state index contributed by atoms with van der Waals surface area (Å²) in [7, 11) is 1.37. The Morgan fingerprint density at radius 3 is 2.46 bits per heavy atom. The zero-order valence-electron chi connectivity index (χ0n) is 13.7. The van der Waals surface area contributed by atoms with E-state index in [2.05, 4.69) is 16.0 Å². The number of hydrogen-bond donors (Lipinski definition) is 3. The number of rotatable bonds is 6. The molecule has 3 amide bonds. The minimum Gasteiger partial charge on any atom is -0.494 e. The van der Waals surface area contributed by atoms with E-state index in [1.54, 1.807) is 6.07 Å². The van der Waals surface area contributed by atoms with Crippen molar-refractivity contribution in [2.24, 2.45) is 0 Å². The summed E-state index contributed by atoms with van der Waals surface area (Å²) in [5.41, 5.74) is 0.686. The van der Waals surface area contributed by atoms with Gasteiger partial charge in [0, 0.05) is 24.7 Å². The van der Waals surface area contributed by atoms with Crippen LogP contribution in [0.15, 0.2) is 36.4 Å². The lowest BCUT2D eigenvalue weighted by molar-refractivity contribution is 0.0954. The lowest BCUT2D eigenvalue weighted by Crippen LogP contribution is -2.36. The summed E-state index contributed by atoms with van der Waals surface area (Å²) in [6.07, 6.45) is 0. The monoisotopic (exact) mass is 399 g/mol. The van der Waals surface area contributed by atoms with Gasteiger partial charge in [-0.3, -0.25) is 4.79 Å². The second-order valence-corrected chi connectivity index (χ2v) is 5.92. The van der Waals surface area contributed by atoms with Crippen molar-refractivity contribution in [2.45, 2.75) is 0 Å². The molecular formula is C17H16Cl2FN3O3. The van der Waals surface area contributed by atoms with Crippen molar-refractivity contribution in [1.82, 2.24) is 10.6 Å². The number of carbonyl (C=O) groups excluding carboxylic acids is 2. The van der Waals surface area contributed by atoms with Gasteiger partial charge in [0.15, 0.2) is 0 Å². The minimum atomic E-state index is -0.515. The van der Waals surface area contributed by atoms with Crippen LogP contribution < -0.4 is 20.7 Å². The van der Waals surface area contributed by atoms with Crippen LogP contribution in [0.1, 0.15) is 10.4 Å². The van der Waals surface area contributed by atoms with Crippen LogP contribution in [-0.2, 0) is 0 Å². The Balaban J connectivity index is 1.78. The van der Waals surface area contributed by atoms with Crippen molar-refractivity contribution in [3.05, 3.63) is 57.8 Å². The summed E-state index contributed by atoms with van der Waals surface area (Å²) in [6.45, 7) is 0.384. The quantitative estimate of drug-likeness (QED) is 0.648. The van der Waals surface area contributed by atoms with Crippen LogP contribution in [-0.4, -0.2) is 32.1 Å². The summed E-state index contributed by atoms with van der Waals surface area (Å²) in [5, 5.41) is 8.38. The first kappa shape index (κ1) is 19.8. The zero-order valence-corrected chi connectivity index (χ0v) is 15.2. The van der Waals surface area contributed by atoms with Gasteiger partial charge in [-0.2, -0.15) is 0 Å². The van der Waals surface area contributed by atoms with Crippen molar-refractivity contribution in [2.75, 3.05) is 25.5 Å². The van der Waals surface area contributed by atoms with E-state index in [0.29, 0.717) is 16.3 Å². The Kier molecular flexibility index (Phi) is 7.06. The molecule has 2 rings (SSSR count). The highest BCUT2D eigenvalue weighted by atomic mass is 35.5. The molecule has 0 saturated carbocycles. The molecule has 0 bridgehead atoms. The molecule has 0 aromatic heterocycles. The number of amides is 3. The Hall–Kier alpha value is -2.51. The van der Waals surface area contributed by atoms with Gasteiger partial charge in [-0.15, -0.1) is 0 Å². The molecule has 3 N–H and O–H groups in total. The van der Waals surface area contributed by atoms with Crippen LogP contribution in [0.3, 0.4) is 0 Å². The van der Waals surface area contributed by atoms with Gasteiger partial charge in [0.05, 0.1) is 22.8 Å². The first-order valence-corrected chi connectivity index (χ1v) is 8.28. The fourth-order valence-electron chi connectivity index (χ4n) is 2.03. The average Bonchev–Trinajstić information content (AvgIpc) is 2.62. The highest BCUT2D eigenvalue weighted by Gasteiger charge is 2.10. The van der Waals surface area contributed by atoms with E-state index in [9.17, 15) is 14.0 Å². The van der Waals surface area contributed by atoms with Crippen molar-refractivity contribution in [3.8, 4) is 5.75 Å². The molecule has 0 unspecified atom stereocenters. The number of benzene rings is 2. The number of hydrogen-bond acceptors (Lipinski definition) is 3. The summed E-state index contributed by atoms with van der Waals surface area (Å²) in [5.74, 6) is -0.614. The van der Waals surface area contributed by atoms with E-state index < -0.39 is 11.8 Å². The predicted molar refractivity (Wildman–Crippen MR) is 98.8 cm³/mol. The second kappa shape index (κ2) is 9.26. The van der Waals surface area contributed by atoms with Crippen molar-refractivity contribution < 1.29 is 18.7 Å². The molecule has 138 valence electrons. The fraction of sp³-hybridized carbons (Fsp3) is 0.176. The van der Waals surface area contributed by atoms with Crippen LogP contribution in [0.25, 0.3) is 0 Å². The third-order valence-corrected chi connectivity index (χ3v) is 4.03. The Morgan fingerprint density at radius 2 is 1.77 bits per heavy atom. The SMILES string of the molecule is COc1cc(F)ccc1NC(=O)NCCNC(=O)c1ccc(Cl)c(Cl)c1. The van der Waals surface area contributed by atoms with Crippen LogP contribution in [0, 0.1) is 5.82 Å². The summed E-state index contributed by atoms with van der Waals surface area (Å²) in [6, 6.07) is 7.77. The lowest BCUT2D eigenvalue weighted by Gasteiger charge is -2.11. The molecule has 2 aromatic rings. The molecule has 6 nitrogen and oxygen atoms in total. The molecule has 0 atom stereocenters. The Morgan fingerprint density at radius 1 is 1.04 bits per heavy atom. The molecule has 9 heteroatoms. The number of methoxy groups -OCH3 is 1. The molecule has 2 aromatic carbocycles. The highest BCUT2D eigenvalue weighted by molar-refractivity contribution is 6.42. The number of carbonyl (C=O) groups is 2. The maximum Gasteiger partial charge on any atom is 0.319 e. The summed E-state index contributed by atoms with van der Waals surface area (Å²) < 4.78 is 18.1. The zero-order chi connectivity index (χ0) is 19.1. The van der Waals surface area contributed by atoms with E-state index in [1.165, 1.54) is 31.4 Å². The topological polar surface area (TPSA) is 79.5 Å².